The molecule has 0 saturated carbocycles. The molecular weight excluding hydrogens is 582 g/mol. The number of likely N-dealkylation sites (N-methyl/N-ethyl adjacent to an activating group) is 1. The number of carbonyl (C=O) groups is 4. The van der Waals surface area contributed by atoms with Crippen LogP contribution in [0.1, 0.15) is 51.0 Å². The van der Waals surface area contributed by atoms with Crippen LogP contribution in [-0.2, 0) is 23.9 Å². The molecule has 1 aliphatic heterocycles. The zero-order chi connectivity index (χ0) is 33.0. The van der Waals surface area contributed by atoms with Crippen molar-refractivity contribution in [3.8, 4) is 11.4 Å². The molecule has 2 N–H and O–H groups in total. The molecule has 14 nitrogen and oxygen atoms in total. The third kappa shape index (κ3) is 12.0. The highest BCUT2D eigenvalue weighted by Gasteiger charge is 2.31. The van der Waals surface area contributed by atoms with Gasteiger partial charge in [-0.15, -0.1) is 5.06 Å². The molecule has 2 aromatic rings. The number of nitrogens with zero attached hydrogens (tertiary/aromatic N) is 5. The van der Waals surface area contributed by atoms with E-state index in [0.717, 1.165) is 12.1 Å². The van der Waals surface area contributed by atoms with Crippen LogP contribution in [0.4, 0.5) is 10.6 Å². The zero-order valence-corrected chi connectivity index (χ0v) is 27.0. The molecule has 1 fully saturated rings. The smallest absolute Gasteiger partial charge is 0.460 e. The number of hydrogen-bond acceptors (Lipinski definition) is 12. The van der Waals surface area contributed by atoms with Crippen LogP contribution in [-0.4, -0.2) is 120 Å². The third-order valence-electron chi connectivity index (χ3n) is 6.53. The number of rotatable bonds is 13. The number of carbonyl (C=O) groups excluding carboxylic acids is 4. The zero-order valence-electron chi connectivity index (χ0n) is 27.0. The van der Waals surface area contributed by atoms with Gasteiger partial charge in [0.25, 0.3) is 5.91 Å². The highest BCUT2D eigenvalue weighted by atomic mass is 16.8. The van der Waals surface area contributed by atoms with Gasteiger partial charge in [-0.1, -0.05) is 30.3 Å². The van der Waals surface area contributed by atoms with Crippen molar-refractivity contribution in [3.05, 3.63) is 42.1 Å². The second-order valence-corrected chi connectivity index (χ2v) is 11.7. The molecule has 1 atom stereocenters. The third-order valence-corrected chi connectivity index (χ3v) is 6.53. The number of aromatic nitrogens is 2. The molecule has 45 heavy (non-hydrogen) atoms. The Labute approximate surface area is 264 Å². The van der Waals surface area contributed by atoms with Crippen LogP contribution >= 0.6 is 0 Å². The number of amides is 2. The number of piperazine rings is 1. The van der Waals surface area contributed by atoms with Crippen molar-refractivity contribution >= 4 is 29.8 Å². The van der Waals surface area contributed by atoms with E-state index in [1.54, 1.807) is 38.7 Å². The molecule has 3 rings (SSSR count). The summed E-state index contributed by atoms with van der Waals surface area (Å²) in [4.78, 5) is 69.5. The molecule has 0 unspecified atom stereocenters. The molecule has 0 spiro atoms. The van der Waals surface area contributed by atoms with Crippen molar-refractivity contribution in [1.82, 2.24) is 30.1 Å². The van der Waals surface area contributed by atoms with Gasteiger partial charge in [-0.25, -0.2) is 14.8 Å². The average molecular weight is 628 g/mol. The van der Waals surface area contributed by atoms with Crippen LogP contribution in [0.15, 0.2) is 36.4 Å². The van der Waals surface area contributed by atoms with Crippen LogP contribution in [0.2, 0.25) is 0 Å². The van der Waals surface area contributed by atoms with E-state index in [2.05, 4.69) is 20.6 Å². The van der Waals surface area contributed by atoms with Gasteiger partial charge in [0.1, 0.15) is 23.2 Å². The lowest BCUT2D eigenvalue weighted by Gasteiger charge is -2.35. The lowest BCUT2D eigenvalue weighted by Crippen LogP contribution is -2.55. The summed E-state index contributed by atoms with van der Waals surface area (Å²) in [5.74, 6) is -0.625. The van der Waals surface area contributed by atoms with Crippen LogP contribution in [0.5, 0.6) is 0 Å². The fourth-order valence-corrected chi connectivity index (χ4v) is 4.39. The minimum Gasteiger partial charge on any atom is -0.460 e. The normalized spacial score (nSPS) is 14.4. The molecule has 1 saturated heterocycles. The number of benzene rings is 1. The van der Waals surface area contributed by atoms with Gasteiger partial charge >= 0.3 is 12.1 Å². The first kappa shape index (κ1) is 35.2. The number of nitrogens with one attached hydrogen (secondary N) is 2. The highest BCUT2D eigenvalue weighted by molar-refractivity contribution is 5.97. The molecule has 0 aliphatic carbocycles. The van der Waals surface area contributed by atoms with Crippen molar-refractivity contribution in [2.75, 3.05) is 65.3 Å². The van der Waals surface area contributed by atoms with E-state index in [1.807, 2.05) is 49.3 Å². The lowest BCUT2D eigenvalue weighted by atomic mass is 10.1. The number of hydroxylamine groups is 2. The maximum Gasteiger partial charge on any atom is 0.527 e. The molecule has 1 aromatic heterocycles. The Morgan fingerprint density at radius 3 is 2.33 bits per heavy atom. The molecule has 14 heteroatoms. The summed E-state index contributed by atoms with van der Waals surface area (Å²) in [7, 11) is 3.91. The maximum atomic E-state index is 13.7. The minimum absolute atomic E-state index is 0.0175. The Balaban J connectivity index is 1.80. The molecule has 246 valence electrons. The SMILES string of the molecule is CCOC(=O)ON1CCN(C(=O)[C@H](CCC(=O)OC(C)(C)C)NC(=O)c2cc(NCCN(C)C)nc(-c3ccccc3)n2)CC1. The predicted molar refractivity (Wildman–Crippen MR) is 167 cm³/mol. The van der Waals surface area contributed by atoms with E-state index >= 15 is 0 Å². The quantitative estimate of drug-likeness (QED) is 0.314. The van der Waals surface area contributed by atoms with Crippen molar-refractivity contribution in [3.63, 3.8) is 0 Å². The van der Waals surface area contributed by atoms with Gasteiger partial charge in [-0.05, 0) is 48.2 Å². The molecule has 2 amide bonds. The summed E-state index contributed by atoms with van der Waals surface area (Å²) in [6.45, 7) is 9.46. The predicted octanol–water partition coefficient (Wildman–Crippen LogP) is 2.57. The van der Waals surface area contributed by atoms with Gasteiger partial charge in [0.05, 0.1) is 19.7 Å². The van der Waals surface area contributed by atoms with Gasteiger partial charge in [0, 0.05) is 44.2 Å². The fraction of sp³-hybridized carbons (Fsp3) is 0.548. The fourth-order valence-electron chi connectivity index (χ4n) is 4.39. The first-order chi connectivity index (χ1) is 21.3. The Morgan fingerprint density at radius 2 is 1.71 bits per heavy atom. The topological polar surface area (TPSA) is 156 Å². The largest absolute Gasteiger partial charge is 0.527 e. The number of anilines is 1. The molecule has 1 aliphatic rings. The van der Waals surface area contributed by atoms with Crippen molar-refractivity contribution in [1.29, 1.82) is 0 Å². The van der Waals surface area contributed by atoms with Crippen molar-refractivity contribution in [2.45, 2.75) is 52.2 Å². The molecular formula is C31H45N7O7. The Bertz CT molecular complexity index is 1290. The van der Waals surface area contributed by atoms with Crippen LogP contribution in [0, 0.1) is 0 Å². The number of hydrogen-bond donors (Lipinski definition) is 2. The standard InChI is InChI=1S/C31H45N7O7/c1-7-43-30(42)45-38-19-17-37(18-20-38)29(41)23(13-14-26(39)44-31(2,3)4)34-28(40)24-21-25(32-15-16-36(5)6)35-27(33-24)22-11-9-8-10-12-22/h8-12,21,23H,7,13-20H2,1-6H3,(H,34,40)(H,32,33,35)/t23-/m0/s1. The molecule has 0 bridgehead atoms. The van der Waals surface area contributed by atoms with E-state index < -0.39 is 29.7 Å². The Hall–Kier alpha value is -4.30. The lowest BCUT2D eigenvalue weighted by molar-refractivity contribution is -0.158. The first-order valence-electron chi connectivity index (χ1n) is 15.1. The van der Waals surface area contributed by atoms with E-state index in [9.17, 15) is 19.2 Å². The highest BCUT2D eigenvalue weighted by Crippen LogP contribution is 2.19. The maximum absolute atomic E-state index is 13.7. The van der Waals surface area contributed by atoms with E-state index in [1.165, 1.54) is 5.06 Å². The summed E-state index contributed by atoms with van der Waals surface area (Å²) in [5, 5.41) is 7.47. The summed E-state index contributed by atoms with van der Waals surface area (Å²) in [6.07, 6.45) is -0.880. The summed E-state index contributed by atoms with van der Waals surface area (Å²) in [6, 6.07) is 9.78. The first-order valence-corrected chi connectivity index (χ1v) is 15.1. The molecule has 1 aromatic carbocycles. The van der Waals surface area contributed by atoms with Crippen molar-refractivity contribution in [2.24, 2.45) is 0 Å². The van der Waals surface area contributed by atoms with Gasteiger partial charge in [0.15, 0.2) is 5.82 Å². The Kier molecular flexibility index (Phi) is 13.0. The molecule has 0 radical (unpaired) electrons. The van der Waals surface area contributed by atoms with Gasteiger partial charge in [-0.2, -0.15) is 0 Å². The monoisotopic (exact) mass is 627 g/mol. The molecule has 2 heterocycles. The number of esters is 1. The van der Waals surface area contributed by atoms with Crippen molar-refractivity contribution < 1.29 is 33.5 Å². The van der Waals surface area contributed by atoms with Gasteiger partial charge in [-0.3, -0.25) is 14.4 Å². The summed E-state index contributed by atoms with van der Waals surface area (Å²) < 4.78 is 10.2. The van der Waals surface area contributed by atoms with Gasteiger partial charge in [0.2, 0.25) is 5.91 Å². The number of ether oxygens (including phenoxy) is 2. The minimum atomic E-state index is -1.04. The second kappa shape index (κ2) is 16.7. The van der Waals surface area contributed by atoms with Crippen LogP contribution in [0.25, 0.3) is 11.4 Å². The summed E-state index contributed by atoms with van der Waals surface area (Å²) >= 11 is 0. The second-order valence-electron chi connectivity index (χ2n) is 11.7. The van der Waals surface area contributed by atoms with E-state index in [0.29, 0.717) is 18.2 Å². The van der Waals surface area contributed by atoms with Crippen LogP contribution in [0.3, 0.4) is 0 Å². The van der Waals surface area contributed by atoms with Gasteiger partial charge < -0.3 is 34.7 Å². The van der Waals surface area contributed by atoms with E-state index in [-0.39, 0.29) is 57.2 Å². The van der Waals surface area contributed by atoms with Crippen LogP contribution < -0.4 is 10.6 Å². The Morgan fingerprint density at radius 1 is 1.02 bits per heavy atom. The average Bonchev–Trinajstić information content (AvgIpc) is 2.98. The van der Waals surface area contributed by atoms with E-state index in [4.69, 9.17) is 14.3 Å². The summed E-state index contributed by atoms with van der Waals surface area (Å²) in [5.41, 5.74) is 0.0991.